The van der Waals surface area contributed by atoms with E-state index in [0.717, 1.165) is 28.0 Å². The van der Waals surface area contributed by atoms with Crippen LogP contribution in [0.2, 0.25) is 0 Å². The molecule has 0 saturated heterocycles. The quantitative estimate of drug-likeness (QED) is 0.482. The molecular weight excluding hydrogens is 426 g/mol. The van der Waals surface area contributed by atoms with Crippen LogP contribution in [0.25, 0.3) is 11.1 Å². The van der Waals surface area contributed by atoms with Crippen LogP contribution in [0.3, 0.4) is 0 Å². The molecule has 0 radical (unpaired) electrons. The van der Waals surface area contributed by atoms with Crippen LogP contribution < -0.4 is 14.8 Å². The van der Waals surface area contributed by atoms with Gasteiger partial charge in [-0.2, -0.15) is 0 Å². The molecule has 0 spiro atoms. The van der Waals surface area contributed by atoms with Gasteiger partial charge < -0.3 is 19.9 Å². The summed E-state index contributed by atoms with van der Waals surface area (Å²) in [5.74, 6) is -0.173. The van der Waals surface area contributed by atoms with Gasteiger partial charge in [0, 0.05) is 22.8 Å². The molecule has 7 heteroatoms. The van der Waals surface area contributed by atoms with Gasteiger partial charge in [-0.05, 0) is 36.6 Å². The van der Waals surface area contributed by atoms with E-state index in [1.54, 1.807) is 7.11 Å². The summed E-state index contributed by atoms with van der Waals surface area (Å²) in [5, 5.41) is 12.9. The number of rotatable bonds is 7. The Morgan fingerprint density at radius 2 is 1.94 bits per heavy atom. The Hall–Kier alpha value is -3.32. The minimum atomic E-state index is -1.01. The Morgan fingerprint density at radius 3 is 2.59 bits per heavy atom. The fourth-order valence-electron chi connectivity index (χ4n) is 3.93. The molecule has 4 rings (SSSR count). The lowest BCUT2D eigenvalue weighted by atomic mass is 9.88. The second kappa shape index (κ2) is 9.04. The second-order valence-electron chi connectivity index (χ2n) is 7.78. The van der Waals surface area contributed by atoms with E-state index in [1.165, 1.54) is 11.3 Å². The van der Waals surface area contributed by atoms with E-state index < -0.39 is 5.97 Å². The van der Waals surface area contributed by atoms with Gasteiger partial charge in [0.15, 0.2) is 11.5 Å². The van der Waals surface area contributed by atoms with E-state index in [0.29, 0.717) is 29.4 Å². The standard InChI is InChI=1S/C25H25NO5S/c1-4-11-31-18-10-9-16(12-19(18)30-3)17-13-20(27)26-22-21(15-7-5-14(2)6-8-15)24(25(28)29)32-23(17)22/h5-10,12,17H,4,11,13H2,1-3H3,(H,26,27)(H,28,29)/t17-/m1/s1. The molecule has 0 saturated carbocycles. The smallest absolute Gasteiger partial charge is 0.346 e. The monoisotopic (exact) mass is 451 g/mol. The summed E-state index contributed by atoms with van der Waals surface area (Å²) in [6.07, 6.45) is 1.12. The molecule has 1 aliphatic heterocycles. The molecule has 0 aliphatic carbocycles. The first-order valence-electron chi connectivity index (χ1n) is 10.5. The van der Waals surface area contributed by atoms with Gasteiger partial charge in [0.25, 0.3) is 0 Å². The lowest BCUT2D eigenvalue weighted by Gasteiger charge is -2.24. The van der Waals surface area contributed by atoms with Crippen LogP contribution >= 0.6 is 11.3 Å². The van der Waals surface area contributed by atoms with Crippen LogP contribution in [0, 0.1) is 6.92 Å². The van der Waals surface area contributed by atoms with Crippen molar-refractivity contribution in [2.24, 2.45) is 0 Å². The number of aryl methyl sites for hydroxylation is 1. The highest BCUT2D eigenvalue weighted by Crippen LogP contribution is 2.50. The predicted molar refractivity (Wildman–Crippen MR) is 125 cm³/mol. The number of aromatic carboxylic acids is 1. The van der Waals surface area contributed by atoms with Crippen molar-refractivity contribution in [2.45, 2.75) is 32.6 Å². The summed E-state index contributed by atoms with van der Waals surface area (Å²) >= 11 is 1.22. The lowest BCUT2D eigenvalue weighted by Crippen LogP contribution is -2.22. The van der Waals surface area contributed by atoms with Gasteiger partial charge in [-0.3, -0.25) is 4.79 Å². The van der Waals surface area contributed by atoms with Crippen molar-refractivity contribution < 1.29 is 24.2 Å². The first-order chi connectivity index (χ1) is 15.4. The van der Waals surface area contributed by atoms with Gasteiger partial charge in [-0.25, -0.2) is 4.79 Å². The van der Waals surface area contributed by atoms with E-state index in [1.807, 2.05) is 56.3 Å². The number of carboxylic acid groups (broad SMARTS) is 1. The number of carboxylic acids is 1. The van der Waals surface area contributed by atoms with Crippen LogP contribution in [0.1, 0.15) is 51.4 Å². The van der Waals surface area contributed by atoms with Gasteiger partial charge in [0.1, 0.15) is 4.88 Å². The van der Waals surface area contributed by atoms with Crippen molar-refractivity contribution in [2.75, 3.05) is 19.0 Å². The molecule has 166 valence electrons. The fraction of sp³-hybridized carbons (Fsp3) is 0.280. The summed E-state index contributed by atoms with van der Waals surface area (Å²) in [7, 11) is 1.58. The highest BCUT2D eigenvalue weighted by molar-refractivity contribution is 7.15. The number of hydrogen-bond donors (Lipinski definition) is 2. The van der Waals surface area contributed by atoms with Crippen molar-refractivity contribution in [1.29, 1.82) is 0 Å². The molecule has 1 aliphatic rings. The number of hydrogen-bond acceptors (Lipinski definition) is 5. The molecule has 0 bridgehead atoms. The van der Waals surface area contributed by atoms with Gasteiger partial charge in [0.2, 0.25) is 5.91 Å². The Kier molecular flexibility index (Phi) is 6.19. The Balaban J connectivity index is 1.83. The molecule has 32 heavy (non-hydrogen) atoms. The number of amides is 1. The maximum atomic E-state index is 12.7. The van der Waals surface area contributed by atoms with Crippen LogP contribution in [-0.4, -0.2) is 30.7 Å². The highest BCUT2D eigenvalue weighted by Gasteiger charge is 2.34. The van der Waals surface area contributed by atoms with Gasteiger partial charge in [-0.15, -0.1) is 11.3 Å². The summed E-state index contributed by atoms with van der Waals surface area (Å²) in [6, 6.07) is 13.3. The van der Waals surface area contributed by atoms with Gasteiger partial charge in [0.05, 0.1) is 19.4 Å². The number of carbonyl (C=O) groups is 2. The number of thiophene rings is 1. The zero-order chi connectivity index (χ0) is 22.8. The molecule has 2 aromatic carbocycles. The zero-order valence-corrected chi connectivity index (χ0v) is 19.0. The number of methoxy groups -OCH3 is 1. The molecule has 2 N–H and O–H groups in total. The number of benzene rings is 2. The topological polar surface area (TPSA) is 84.9 Å². The molecule has 2 heterocycles. The summed E-state index contributed by atoms with van der Waals surface area (Å²) in [6.45, 7) is 4.59. The van der Waals surface area contributed by atoms with Crippen LogP contribution in [-0.2, 0) is 4.79 Å². The second-order valence-corrected chi connectivity index (χ2v) is 8.83. The number of ether oxygens (including phenoxy) is 2. The lowest BCUT2D eigenvalue weighted by molar-refractivity contribution is -0.116. The zero-order valence-electron chi connectivity index (χ0n) is 18.2. The van der Waals surface area contributed by atoms with E-state index in [4.69, 9.17) is 9.47 Å². The Bertz CT molecular complexity index is 1170. The summed E-state index contributed by atoms with van der Waals surface area (Å²) < 4.78 is 11.3. The minimum absolute atomic E-state index is 0.143. The Labute approximate surface area is 190 Å². The molecule has 1 amide bonds. The van der Waals surface area contributed by atoms with Crippen LogP contribution in [0.15, 0.2) is 42.5 Å². The molecule has 6 nitrogen and oxygen atoms in total. The summed E-state index contributed by atoms with van der Waals surface area (Å²) in [5.41, 5.74) is 3.88. The third-order valence-corrected chi connectivity index (χ3v) is 6.78. The van der Waals surface area contributed by atoms with E-state index in [9.17, 15) is 14.7 Å². The first kappa shape index (κ1) is 21.9. The van der Waals surface area contributed by atoms with Crippen LogP contribution in [0.4, 0.5) is 5.69 Å². The molecular formula is C25H25NO5S. The van der Waals surface area contributed by atoms with E-state index >= 15 is 0 Å². The normalized spacial score (nSPS) is 15.1. The fourth-order valence-corrected chi connectivity index (χ4v) is 5.18. The molecule has 3 aromatic rings. The molecule has 1 atom stereocenters. The first-order valence-corrected chi connectivity index (χ1v) is 11.3. The van der Waals surface area contributed by atoms with Gasteiger partial charge in [-0.1, -0.05) is 42.8 Å². The largest absolute Gasteiger partial charge is 0.493 e. The van der Waals surface area contributed by atoms with Gasteiger partial charge >= 0.3 is 5.97 Å². The predicted octanol–water partition coefficient (Wildman–Crippen LogP) is 5.69. The average molecular weight is 452 g/mol. The number of fused-ring (bicyclic) bond motifs is 1. The van der Waals surface area contributed by atoms with Crippen molar-refractivity contribution in [3.8, 4) is 22.6 Å². The van der Waals surface area contributed by atoms with Crippen molar-refractivity contribution in [3.05, 3.63) is 63.3 Å². The SMILES string of the molecule is CCCOc1ccc([C@H]2CC(=O)Nc3c2sc(C(=O)O)c3-c2ccc(C)cc2)cc1OC. The van der Waals surface area contributed by atoms with E-state index in [2.05, 4.69) is 5.32 Å². The van der Waals surface area contributed by atoms with Crippen molar-refractivity contribution >= 4 is 28.9 Å². The van der Waals surface area contributed by atoms with Crippen molar-refractivity contribution in [1.82, 2.24) is 0 Å². The number of nitrogens with one attached hydrogen (secondary N) is 1. The summed E-state index contributed by atoms with van der Waals surface area (Å²) in [4.78, 5) is 25.8. The molecule has 1 aromatic heterocycles. The van der Waals surface area contributed by atoms with Crippen molar-refractivity contribution in [3.63, 3.8) is 0 Å². The maximum Gasteiger partial charge on any atom is 0.346 e. The molecule has 0 fully saturated rings. The maximum absolute atomic E-state index is 12.7. The van der Waals surface area contributed by atoms with E-state index in [-0.39, 0.29) is 23.1 Å². The van der Waals surface area contributed by atoms with Crippen LogP contribution in [0.5, 0.6) is 11.5 Å². The third-order valence-electron chi connectivity index (χ3n) is 5.49. The Morgan fingerprint density at radius 1 is 1.19 bits per heavy atom. The third kappa shape index (κ3) is 4.08. The number of anilines is 1. The number of carbonyl (C=O) groups excluding carboxylic acids is 1. The minimum Gasteiger partial charge on any atom is -0.493 e. The molecule has 0 unspecified atom stereocenters. The highest BCUT2D eigenvalue weighted by atomic mass is 32.1. The average Bonchev–Trinajstić information content (AvgIpc) is 3.17.